The van der Waals surface area contributed by atoms with Crippen molar-refractivity contribution in [1.82, 2.24) is 15.2 Å². The van der Waals surface area contributed by atoms with Gasteiger partial charge < -0.3 is 15.2 Å². The molecule has 5 heteroatoms. The quantitative estimate of drug-likeness (QED) is 0.662. The number of rotatable bonds is 6. The fraction of sp³-hybridized carbons (Fsp3) is 0.182. The minimum Gasteiger partial charge on any atom is -0.350 e. The first-order valence-corrected chi connectivity index (χ1v) is 8.91. The lowest BCUT2D eigenvalue weighted by Crippen LogP contribution is -2.34. The minimum absolute atomic E-state index is 0.136. The Bertz CT molecular complexity index is 929. The van der Waals surface area contributed by atoms with Crippen LogP contribution in [0.25, 0.3) is 5.69 Å². The highest BCUT2D eigenvalue weighted by atomic mass is 16.2. The van der Waals surface area contributed by atoms with E-state index in [1.54, 1.807) is 12.1 Å². The van der Waals surface area contributed by atoms with E-state index in [9.17, 15) is 9.59 Å². The van der Waals surface area contributed by atoms with E-state index in [0.717, 1.165) is 16.8 Å². The van der Waals surface area contributed by atoms with Gasteiger partial charge in [-0.3, -0.25) is 9.59 Å². The van der Waals surface area contributed by atoms with E-state index < -0.39 is 0 Å². The van der Waals surface area contributed by atoms with Gasteiger partial charge in [0.2, 0.25) is 0 Å². The number of carbonyl (C=O) groups excluding carboxylic acids is 2. The van der Waals surface area contributed by atoms with E-state index in [-0.39, 0.29) is 11.8 Å². The third-order valence-corrected chi connectivity index (χ3v) is 4.50. The van der Waals surface area contributed by atoms with Gasteiger partial charge in [0.1, 0.15) is 0 Å². The van der Waals surface area contributed by atoms with Crippen molar-refractivity contribution in [2.75, 3.05) is 13.1 Å². The zero-order valence-electron chi connectivity index (χ0n) is 15.5. The number of hydrogen-bond donors (Lipinski definition) is 2. The molecule has 0 spiro atoms. The number of benzene rings is 2. The van der Waals surface area contributed by atoms with Gasteiger partial charge in [0.15, 0.2) is 0 Å². The monoisotopic (exact) mass is 361 g/mol. The fourth-order valence-electron chi connectivity index (χ4n) is 2.73. The molecule has 1 heterocycles. The van der Waals surface area contributed by atoms with Gasteiger partial charge in [-0.25, -0.2) is 0 Å². The van der Waals surface area contributed by atoms with E-state index in [4.69, 9.17) is 0 Å². The molecule has 138 valence electrons. The lowest BCUT2D eigenvalue weighted by molar-refractivity contribution is 0.0927. The highest BCUT2D eigenvalue weighted by Crippen LogP contribution is 2.10. The summed E-state index contributed by atoms with van der Waals surface area (Å²) in [5.41, 5.74) is 4.45. The second-order valence-electron chi connectivity index (χ2n) is 6.45. The Morgan fingerprint density at radius 2 is 1.33 bits per heavy atom. The second-order valence-corrected chi connectivity index (χ2v) is 6.45. The first kappa shape index (κ1) is 18.5. The molecule has 2 N–H and O–H groups in total. The molecule has 2 aromatic carbocycles. The summed E-state index contributed by atoms with van der Waals surface area (Å²) in [5, 5.41) is 5.64. The molecule has 3 rings (SSSR count). The zero-order valence-corrected chi connectivity index (χ0v) is 15.5. The Morgan fingerprint density at radius 1 is 0.778 bits per heavy atom. The van der Waals surface area contributed by atoms with Crippen LogP contribution in [0, 0.1) is 13.8 Å². The molecular formula is C22H23N3O2. The summed E-state index contributed by atoms with van der Waals surface area (Å²) in [7, 11) is 0. The standard InChI is InChI=1S/C22H23N3O2/c1-16-5-6-19(15-17(16)2)22(27)24-12-11-23-21(26)18-7-9-20(10-8-18)25-13-3-4-14-25/h3-10,13-15H,11-12H2,1-2H3,(H,23,26)(H,24,27). The number of carbonyl (C=O) groups is 2. The molecule has 2 amide bonds. The van der Waals surface area contributed by atoms with Gasteiger partial charge in [0.05, 0.1) is 0 Å². The maximum absolute atomic E-state index is 12.2. The molecule has 0 aliphatic rings. The second kappa shape index (κ2) is 8.36. The van der Waals surface area contributed by atoms with Gasteiger partial charge in [-0.1, -0.05) is 6.07 Å². The number of nitrogens with zero attached hydrogens (tertiary/aromatic N) is 1. The first-order valence-electron chi connectivity index (χ1n) is 8.91. The van der Waals surface area contributed by atoms with E-state index in [1.165, 1.54) is 0 Å². The summed E-state index contributed by atoms with van der Waals surface area (Å²) in [6, 6.07) is 16.9. The van der Waals surface area contributed by atoms with Gasteiger partial charge >= 0.3 is 0 Å². The van der Waals surface area contributed by atoms with Crippen LogP contribution in [0.1, 0.15) is 31.8 Å². The Balaban J connectivity index is 1.46. The van der Waals surface area contributed by atoms with Crippen molar-refractivity contribution in [3.8, 4) is 5.69 Å². The van der Waals surface area contributed by atoms with Crippen molar-refractivity contribution in [1.29, 1.82) is 0 Å². The Morgan fingerprint density at radius 3 is 1.93 bits per heavy atom. The summed E-state index contributed by atoms with van der Waals surface area (Å²) in [6.45, 7) is 4.74. The summed E-state index contributed by atoms with van der Waals surface area (Å²) in [5.74, 6) is -0.294. The molecule has 0 aliphatic heterocycles. The van der Waals surface area contributed by atoms with E-state index in [1.807, 2.05) is 73.3 Å². The van der Waals surface area contributed by atoms with Crippen LogP contribution in [-0.4, -0.2) is 29.5 Å². The van der Waals surface area contributed by atoms with Crippen LogP contribution < -0.4 is 10.6 Å². The van der Waals surface area contributed by atoms with Gasteiger partial charge in [-0.05, 0) is 73.5 Å². The molecule has 0 fully saturated rings. The highest BCUT2D eigenvalue weighted by molar-refractivity contribution is 5.95. The number of amides is 2. The van der Waals surface area contributed by atoms with Crippen molar-refractivity contribution >= 4 is 11.8 Å². The molecule has 0 atom stereocenters. The lowest BCUT2D eigenvalue weighted by Gasteiger charge is -2.09. The van der Waals surface area contributed by atoms with Crippen LogP contribution in [-0.2, 0) is 0 Å². The molecule has 0 unspecified atom stereocenters. The van der Waals surface area contributed by atoms with Crippen molar-refractivity contribution in [3.63, 3.8) is 0 Å². The molecule has 5 nitrogen and oxygen atoms in total. The Kier molecular flexibility index (Phi) is 5.71. The Hall–Kier alpha value is -3.34. The summed E-state index contributed by atoms with van der Waals surface area (Å²) in [4.78, 5) is 24.4. The molecule has 27 heavy (non-hydrogen) atoms. The number of aryl methyl sites for hydroxylation is 2. The molecule has 0 aliphatic carbocycles. The SMILES string of the molecule is Cc1ccc(C(=O)NCCNC(=O)c2ccc(-n3cccc3)cc2)cc1C. The van der Waals surface area contributed by atoms with E-state index >= 15 is 0 Å². The van der Waals surface area contributed by atoms with Gasteiger partial charge in [-0.15, -0.1) is 0 Å². The van der Waals surface area contributed by atoms with Gasteiger partial charge in [0.25, 0.3) is 11.8 Å². The van der Waals surface area contributed by atoms with Crippen LogP contribution in [0.5, 0.6) is 0 Å². The predicted octanol–water partition coefficient (Wildman–Crippen LogP) is 3.25. The number of hydrogen-bond acceptors (Lipinski definition) is 2. The largest absolute Gasteiger partial charge is 0.350 e. The average Bonchev–Trinajstić information content (AvgIpc) is 3.22. The third kappa shape index (κ3) is 4.64. The first-order chi connectivity index (χ1) is 13.0. The van der Waals surface area contributed by atoms with Crippen LogP contribution >= 0.6 is 0 Å². The summed E-state index contributed by atoms with van der Waals surface area (Å²) < 4.78 is 1.98. The van der Waals surface area contributed by atoms with Crippen molar-refractivity contribution < 1.29 is 9.59 Å². The van der Waals surface area contributed by atoms with Crippen LogP contribution in [0.2, 0.25) is 0 Å². The van der Waals surface area contributed by atoms with Crippen molar-refractivity contribution in [2.45, 2.75) is 13.8 Å². The predicted molar refractivity (Wildman–Crippen MR) is 106 cm³/mol. The molecule has 0 bridgehead atoms. The fourth-order valence-corrected chi connectivity index (χ4v) is 2.73. The van der Waals surface area contributed by atoms with Crippen molar-refractivity contribution in [3.05, 3.63) is 89.2 Å². The van der Waals surface area contributed by atoms with Gasteiger partial charge in [0, 0.05) is 42.3 Å². The van der Waals surface area contributed by atoms with Crippen LogP contribution in [0.4, 0.5) is 0 Å². The van der Waals surface area contributed by atoms with E-state index in [2.05, 4.69) is 10.6 Å². The maximum Gasteiger partial charge on any atom is 0.251 e. The normalized spacial score (nSPS) is 10.4. The Labute approximate surface area is 159 Å². The summed E-state index contributed by atoms with van der Waals surface area (Å²) >= 11 is 0. The zero-order chi connectivity index (χ0) is 19.2. The molecule has 0 saturated carbocycles. The topological polar surface area (TPSA) is 63.1 Å². The van der Waals surface area contributed by atoms with Gasteiger partial charge in [-0.2, -0.15) is 0 Å². The molecule has 0 saturated heterocycles. The van der Waals surface area contributed by atoms with Crippen LogP contribution in [0.15, 0.2) is 67.0 Å². The molecular weight excluding hydrogens is 338 g/mol. The van der Waals surface area contributed by atoms with E-state index in [0.29, 0.717) is 24.2 Å². The minimum atomic E-state index is -0.158. The molecule has 1 aromatic heterocycles. The third-order valence-electron chi connectivity index (χ3n) is 4.50. The molecule has 3 aromatic rings. The highest BCUT2D eigenvalue weighted by Gasteiger charge is 2.08. The number of aromatic nitrogens is 1. The number of nitrogens with one attached hydrogen (secondary N) is 2. The lowest BCUT2D eigenvalue weighted by atomic mass is 10.1. The summed E-state index contributed by atoms with van der Waals surface area (Å²) in [6.07, 6.45) is 3.90. The molecule has 0 radical (unpaired) electrons. The maximum atomic E-state index is 12.2. The van der Waals surface area contributed by atoms with Crippen molar-refractivity contribution in [2.24, 2.45) is 0 Å². The average molecular weight is 361 g/mol. The van der Waals surface area contributed by atoms with Crippen LogP contribution in [0.3, 0.4) is 0 Å². The smallest absolute Gasteiger partial charge is 0.251 e.